The monoisotopic (exact) mass is 166 g/mol. The van der Waals surface area contributed by atoms with Crippen LogP contribution in [-0.4, -0.2) is 11.7 Å². The standard InChI is InChI=1S/C10H11FO/c11-10-4-2-1-3-8(10)9-5-7(9)6-12/h1-4,7,9,12H,5-6H2. The van der Waals surface area contributed by atoms with Crippen molar-refractivity contribution >= 4 is 0 Å². The van der Waals surface area contributed by atoms with Crippen molar-refractivity contribution in [3.05, 3.63) is 35.6 Å². The van der Waals surface area contributed by atoms with E-state index in [1.54, 1.807) is 12.1 Å². The molecule has 0 aliphatic heterocycles. The average molecular weight is 166 g/mol. The van der Waals surface area contributed by atoms with Gasteiger partial charge in [-0.2, -0.15) is 0 Å². The highest BCUT2D eigenvalue weighted by molar-refractivity contribution is 5.27. The van der Waals surface area contributed by atoms with Gasteiger partial charge < -0.3 is 5.11 Å². The maximum absolute atomic E-state index is 13.1. The van der Waals surface area contributed by atoms with Crippen LogP contribution in [0.25, 0.3) is 0 Å². The second-order valence-electron chi connectivity index (χ2n) is 3.31. The minimum absolute atomic E-state index is 0.140. The highest BCUT2D eigenvalue weighted by Gasteiger charge is 2.38. The van der Waals surface area contributed by atoms with E-state index >= 15 is 0 Å². The van der Waals surface area contributed by atoms with Crippen LogP contribution in [0.15, 0.2) is 24.3 Å². The van der Waals surface area contributed by atoms with Gasteiger partial charge in [-0.3, -0.25) is 0 Å². The fraction of sp³-hybridized carbons (Fsp3) is 0.400. The molecule has 1 aromatic carbocycles. The molecule has 2 atom stereocenters. The molecule has 64 valence electrons. The zero-order valence-corrected chi connectivity index (χ0v) is 6.70. The van der Waals surface area contributed by atoms with E-state index in [1.807, 2.05) is 6.07 Å². The number of aliphatic hydroxyl groups excluding tert-OH is 1. The Bertz CT molecular complexity index is 285. The molecule has 1 aromatic rings. The summed E-state index contributed by atoms with van der Waals surface area (Å²) in [6.07, 6.45) is 0.928. The number of hydrogen-bond donors (Lipinski definition) is 1. The van der Waals surface area contributed by atoms with Crippen molar-refractivity contribution in [1.82, 2.24) is 0 Å². The second-order valence-corrected chi connectivity index (χ2v) is 3.31. The van der Waals surface area contributed by atoms with Crippen molar-refractivity contribution in [3.8, 4) is 0 Å². The SMILES string of the molecule is OCC1CC1c1ccccc1F. The largest absolute Gasteiger partial charge is 0.396 e. The Balaban J connectivity index is 2.19. The van der Waals surface area contributed by atoms with Crippen molar-refractivity contribution in [2.45, 2.75) is 12.3 Å². The summed E-state index contributed by atoms with van der Waals surface area (Å²) in [5.74, 6) is 0.413. The summed E-state index contributed by atoms with van der Waals surface area (Å²) < 4.78 is 13.1. The lowest BCUT2D eigenvalue weighted by Crippen LogP contribution is -1.91. The summed E-state index contributed by atoms with van der Waals surface area (Å²) in [6.45, 7) is 0.180. The van der Waals surface area contributed by atoms with Gasteiger partial charge in [-0.15, -0.1) is 0 Å². The van der Waals surface area contributed by atoms with Crippen LogP contribution in [0, 0.1) is 11.7 Å². The number of halogens is 1. The van der Waals surface area contributed by atoms with Crippen LogP contribution < -0.4 is 0 Å². The molecule has 0 bridgehead atoms. The summed E-state index contributed by atoms with van der Waals surface area (Å²) in [7, 11) is 0. The quantitative estimate of drug-likeness (QED) is 0.711. The molecule has 0 aromatic heterocycles. The fourth-order valence-electron chi connectivity index (χ4n) is 1.61. The van der Waals surface area contributed by atoms with Crippen LogP contribution in [0.3, 0.4) is 0 Å². The summed E-state index contributed by atoms with van der Waals surface area (Å²) in [6, 6.07) is 6.80. The summed E-state index contributed by atoms with van der Waals surface area (Å²) in [4.78, 5) is 0. The fourth-order valence-corrected chi connectivity index (χ4v) is 1.61. The summed E-state index contributed by atoms with van der Waals surface area (Å²) in [5, 5.41) is 8.81. The molecule has 1 N–H and O–H groups in total. The van der Waals surface area contributed by atoms with Crippen LogP contribution in [0.5, 0.6) is 0 Å². The van der Waals surface area contributed by atoms with Crippen LogP contribution >= 0.6 is 0 Å². The molecule has 0 spiro atoms. The van der Waals surface area contributed by atoms with E-state index in [2.05, 4.69) is 0 Å². The van der Waals surface area contributed by atoms with E-state index in [4.69, 9.17) is 5.11 Å². The van der Waals surface area contributed by atoms with Gasteiger partial charge in [-0.1, -0.05) is 18.2 Å². The normalized spacial score (nSPS) is 27.2. The van der Waals surface area contributed by atoms with E-state index in [-0.39, 0.29) is 18.3 Å². The smallest absolute Gasteiger partial charge is 0.126 e. The van der Waals surface area contributed by atoms with E-state index in [0.717, 1.165) is 12.0 Å². The zero-order chi connectivity index (χ0) is 8.55. The van der Waals surface area contributed by atoms with Crippen LogP contribution in [0.1, 0.15) is 17.9 Å². The molecular weight excluding hydrogens is 155 g/mol. The summed E-state index contributed by atoms with van der Waals surface area (Å²) >= 11 is 0. The summed E-state index contributed by atoms with van der Waals surface area (Å²) in [5.41, 5.74) is 0.761. The first kappa shape index (κ1) is 7.74. The first-order valence-electron chi connectivity index (χ1n) is 4.18. The van der Waals surface area contributed by atoms with Gasteiger partial charge in [0.2, 0.25) is 0 Å². The number of aliphatic hydroxyl groups is 1. The molecule has 0 radical (unpaired) electrons. The van der Waals surface area contributed by atoms with Crippen LogP contribution in [0.2, 0.25) is 0 Å². The van der Waals surface area contributed by atoms with Gasteiger partial charge in [-0.05, 0) is 29.9 Å². The van der Waals surface area contributed by atoms with Crippen LogP contribution in [-0.2, 0) is 0 Å². The van der Waals surface area contributed by atoms with Crippen molar-refractivity contribution in [2.24, 2.45) is 5.92 Å². The van der Waals surface area contributed by atoms with Gasteiger partial charge in [-0.25, -0.2) is 4.39 Å². The maximum atomic E-state index is 13.1. The molecule has 1 saturated carbocycles. The predicted molar refractivity (Wildman–Crippen MR) is 44.3 cm³/mol. The Morgan fingerprint density at radius 1 is 1.42 bits per heavy atom. The third-order valence-corrected chi connectivity index (χ3v) is 2.46. The van der Waals surface area contributed by atoms with E-state index in [1.165, 1.54) is 6.07 Å². The number of benzene rings is 1. The molecule has 0 saturated heterocycles. The van der Waals surface area contributed by atoms with Gasteiger partial charge >= 0.3 is 0 Å². The zero-order valence-electron chi connectivity index (χ0n) is 6.70. The lowest BCUT2D eigenvalue weighted by Gasteiger charge is -1.99. The predicted octanol–water partition coefficient (Wildman–Crippen LogP) is 1.92. The number of rotatable bonds is 2. The third-order valence-electron chi connectivity index (χ3n) is 2.46. The molecule has 12 heavy (non-hydrogen) atoms. The highest BCUT2D eigenvalue weighted by Crippen LogP contribution is 2.47. The average Bonchev–Trinajstić information content (AvgIpc) is 2.84. The molecule has 0 amide bonds. The van der Waals surface area contributed by atoms with E-state index in [9.17, 15) is 4.39 Å². The van der Waals surface area contributed by atoms with E-state index < -0.39 is 0 Å². The highest BCUT2D eigenvalue weighted by atomic mass is 19.1. The first-order chi connectivity index (χ1) is 5.83. The molecular formula is C10H11FO. The van der Waals surface area contributed by atoms with Crippen molar-refractivity contribution < 1.29 is 9.50 Å². The molecule has 2 heteroatoms. The van der Waals surface area contributed by atoms with Gasteiger partial charge in [0.25, 0.3) is 0 Å². The van der Waals surface area contributed by atoms with Crippen LogP contribution in [0.4, 0.5) is 4.39 Å². The van der Waals surface area contributed by atoms with E-state index in [0.29, 0.717) is 5.92 Å². The first-order valence-corrected chi connectivity index (χ1v) is 4.18. The Labute approximate surface area is 70.8 Å². The lowest BCUT2D eigenvalue weighted by atomic mass is 10.1. The molecule has 1 fully saturated rings. The minimum Gasteiger partial charge on any atom is -0.396 e. The molecule has 2 rings (SSSR count). The molecule has 2 unspecified atom stereocenters. The Kier molecular flexibility index (Phi) is 1.85. The van der Waals surface area contributed by atoms with Gasteiger partial charge in [0, 0.05) is 6.61 Å². The minimum atomic E-state index is -0.140. The lowest BCUT2D eigenvalue weighted by molar-refractivity contribution is 0.273. The van der Waals surface area contributed by atoms with Gasteiger partial charge in [0.05, 0.1) is 0 Å². The topological polar surface area (TPSA) is 20.2 Å². The van der Waals surface area contributed by atoms with Crippen molar-refractivity contribution in [1.29, 1.82) is 0 Å². The Morgan fingerprint density at radius 2 is 2.17 bits per heavy atom. The Hall–Kier alpha value is -0.890. The third kappa shape index (κ3) is 1.23. The molecule has 0 heterocycles. The van der Waals surface area contributed by atoms with Crippen molar-refractivity contribution in [3.63, 3.8) is 0 Å². The van der Waals surface area contributed by atoms with Gasteiger partial charge in [0.15, 0.2) is 0 Å². The molecule has 1 aliphatic rings. The number of hydrogen-bond acceptors (Lipinski definition) is 1. The second kappa shape index (κ2) is 2.87. The Morgan fingerprint density at radius 3 is 2.75 bits per heavy atom. The van der Waals surface area contributed by atoms with Crippen molar-refractivity contribution in [2.75, 3.05) is 6.61 Å². The molecule has 1 nitrogen and oxygen atoms in total. The van der Waals surface area contributed by atoms with Gasteiger partial charge in [0.1, 0.15) is 5.82 Å². The maximum Gasteiger partial charge on any atom is 0.126 e. The molecule has 1 aliphatic carbocycles.